The lowest BCUT2D eigenvalue weighted by atomic mass is 9.62. The van der Waals surface area contributed by atoms with Crippen molar-refractivity contribution >= 4 is 17.7 Å². The number of hydrogen-bond acceptors (Lipinski definition) is 3. The normalized spacial score (nSPS) is 27.3. The molecule has 0 aromatic heterocycles. The molecule has 28 heavy (non-hydrogen) atoms. The summed E-state index contributed by atoms with van der Waals surface area (Å²) in [5, 5.41) is 8.82. The minimum atomic E-state index is -0.257. The van der Waals surface area contributed by atoms with E-state index in [-0.39, 0.29) is 41.8 Å². The van der Waals surface area contributed by atoms with Crippen LogP contribution in [0.2, 0.25) is 0 Å². The number of piperidine rings is 1. The Bertz CT molecular complexity index is 726. The molecule has 2 fully saturated rings. The minimum absolute atomic E-state index is 0.0291. The van der Waals surface area contributed by atoms with Gasteiger partial charge in [-0.25, -0.2) is 0 Å². The summed E-state index contributed by atoms with van der Waals surface area (Å²) in [6.07, 6.45) is 3.24. The first-order chi connectivity index (χ1) is 13.2. The van der Waals surface area contributed by atoms with Crippen LogP contribution < -0.4 is 16.0 Å². The highest BCUT2D eigenvalue weighted by Crippen LogP contribution is 2.44. The quantitative estimate of drug-likeness (QED) is 0.743. The number of hydrogen-bond donors (Lipinski definition) is 3. The summed E-state index contributed by atoms with van der Waals surface area (Å²) in [5.41, 5.74) is 0.632. The van der Waals surface area contributed by atoms with Gasteiger partial charge in [0.25, 0.3) is 5.91 Å². The van der Waals surface area contributed by atoms with Crippen LogP contribution in [0.4, 0.5) is 0 Å². The summed E-state index contributed by atoms with van der Waals surface area (Å²) < 4.78 is 0. The molecular formula is C22H31N3O3. The van der Waals surface area contributed by atoms with Gasteiger partial charge in [0.2, 0.25) is 11.8 Å². The first kappa shape index (κ1) is 20.4. The van der Waals surface area contributed by atoms with Gasteiger partial charge in [-0.15, -0.1) is 0 Å². The molecule has 3 amide bonds. The van der Waals surface area contributed by atoms with E-state index in [4.69, 9.17) is 0 Å². The van der Waals surface area contributed by atoms with E-state index in [1.54, 1.807) is 24.3 Å². The highest BCUT2D eigenvalue weighted by Gasteiger charge is 2.45. The van der Waals surface area contributed by atoms with Crippen molar-refractivity contribution < 1.29 is 14.4 Å². The Morgan fingerprint density at radius 3 is 2.54 bits per heavy atom. The van der Waals surface area contributed by atoms with Crippen molar-refractivity contribution in [1.29, 1.82) is 0 Å². The zero-order valence-electron chi connectivity index (χ0n) is 17.0. The maximum atomic E-state index is 12.3. The molecule has 4 atom stereocenters. The highest BCUT2D eigenvalue weighted by atomic mass is 16.2. The number of carbonyl (C=O) groups excluding carboxylic acids is 3. The zero-order valence-corrected chi connectivity index (χ0v) is 17.0. The number of nitrogens with one attached hydrogen (secondary N) is 3. The molecule has 0 bridgehead atoms. The van der Waals surface area contributed by atoms with Crippen LogP contribution in [0, 0.1) is 17.3 Å². The van der Waals surface area contributed by atoms with Crippen LogP contribution in [-0.2, 0) is 9.59 Å². The van der Waals surface area contributed by atoms with Crippen molar-refractivity contribution in [1.82, 2.24) is 16.0 Å². The van der Waals surface area contributed by atoms with Crippen LogP contribution in [0.5, 0.6) is 0 Å². The van der Waals surface area contributed by atoms with Crippen LogP contribution in [0.15, 0.2) is 30.3 Å². The first-order valence-corrected chi connectivity index (χ1v) is 10.2. The second-order valence-corrected chi connectivity index (χ2v) is 9.14. The number of rotatable bonds is 4. The second kappa shape index (κ2) is 8.33. The zero-order chi connectivity index (χ0) is 20.3. The SMILES string of the molecule is CC(C)(C)C1CC(=O)NC2CC(NC(=O)CNC(=O)c3ccccc3)CCC21. The molecule has 1 saturated heterocycles. The lowest BCUT2D eigenvalue weighted by Gasteiger charge is -2.48. The van der Waals surface area contributed by atoms with E-state index in [2.05, 4.69) is 36.7 Å². The lowest BCUT2D eigenvalue weighted by molar-refractivity contribution is -0.130. The Kier molecular flexibility index (Phi) is 6.06. The number of fused-ring (bicyclic) bond motifs is 1. The van der Waals surface area contributed by atoms with Crippen molar-refractivity contribution in [3.63, 3.8) is 0 Å². The average molecular weight is 386 g/mol. The van der Waals surface area contributed by atoms with Gasteiger partial charge in [0, 0.05) is 24.1 Å². The van der Waals surface area contributed by atoms with E-state index >= 15 is 0 Å². The standard InChI is InChI=1S/C22H31N3O3/c1-22(2,3)17-12-19(26)25-18-11-15(9-10-16(17)18)24-20(27)13-23-21(28)14-7-5-4-6-8-14/h4-8,15-18H,9-13H2,1-3H3,(H,23,28)(H,24,27)(H,25,26). The minimum Gasteiger partial charge on any atom is -0.353 e. The van der Waals surface area contributed by atoms with E-state index < -0.39 is 0 Å². The van der Waals surface area contributed by atoms with Crippen LogP contribution in [-0.4, -0.2) is 36.3 Å². The van der Waals surface area contributed by atoms with Crippen molar-refractivity contribution in [2.75, 3.05) is 6.54 Å². The number of carbonyl (C=O) groups is 3. The number of amides is 3. The van der Waals surface area contributed by atoms with Crippen LogP contribution in [0.3, 0.4) is 0 Å². The average Bonchev–Trinajstić information content (AvgIpc) is 2.65. The van der Waals surface area contributed by atoms with Gasteiger partial charge < -0.3 is 16.0 Å². The summed E-state index contributed by atoms with van der Waals surface area (Å²) >= 11 is 0. The number of benzene rings is 1. The van der Waals surface area contributed by atoms with Crippen molar-refractivity contribution in [2.24, 2.45) is 17.3 Å². The lowest BCUT2D eigenvalue weighted by Crippen LogP contribution is -2.57. The molecule has 2 aliphatic rings. The highest BCUT2D eigenvalue weighted by molar-refractivity contribution is 5.96. The predicted octanol–water partition coefficient (Wildman–Crippen LogP) is 2.25. The topological polar surface area (TPSA) is 87.3 Å². The Morgan fingerprint density at radius 1 is 1.14 bits per heavy atom. The molecule has 1 saturated carbocycles. The largest absolute Gasteiger partial charge is 0.353 e. The summed E-state index contributed by atoms with van der Waals surface area (Å²) in [4.78, 5) is 36.5. The van der Waals surface area contributed by atoms with Gasteiger partial charge in [-0.2, -0.15) is 0 Å². The van der Waals surface area contributed by atoms with Crippen LogP contribution >= 0.6 is 0 Å². The molecule has 1 aliphatic carbocycles. The molecule has 6 heteroatoms. The molecule has 3 N–H and O–H groups in total. The summed E-state index contributed by atoms with van der Waals surface area (Å²) in [7, 11) is 0. The molecule has 152 valence electrons. The summed E-state index contributed by atoms with van der Waals surface area (Å²) in [5.74, 6) is 0.495. The van der Waals surface area contributed by atoms with E-state index in [0.717, 1.165) is 19.3 Å². The second-order valence-electron chi connectivity index (χ2n) is 9.14. The first-order valence-electron chi connectivity index (χ1n) is 10.2. The van der Waals surface area contributed by atoms with Crippen LogP contribution in [0.25, 0.3) is 0 Å². The van der Waals surface area contributed by atoms with Crippen molar-refractivity contribution in [3.05, 3.63) is 35.9 Å². The van der Waals surface area contributed by atoms with Gasteiger partial charge in [0.15, 0.2) is 0 Å². The van der Waals surface area contributed by atoms with Crippen molar-refractivity contribution in [3.8, 4) is 0 Å². The Labute approximate surface area is 166 Å². The van der Waals surface area contributed by atoms with Gasteiger partial charge >= 0.3 is 0 Å². The van der Waals surface area contributed by atoms with E-state index in [0.29, 0.717) is 23.8 Å². The maximum absolute atomic E-state index is 12.3. The van der Waals surface area contributed by atoms with Gasteiger partial charge in [-0.3, -0.25) is 14.4 Å². The van der Waals surface area contributed by atoms with E-state index in [9.17, 15) is 14.4 Å². The molecule has 1 aliphatic heterocycles. The summed E-state index contributed by atoms with van der Waals surface area (Å²) in [6.45, 7) is 6.57. The molecular weight excluding hydrogens is 354 g/mol. The van der Waals surface area contributed by atoms with Crippen LogP contribution in [0.1, 0.15) is 56.8 Å². The van der Waals surface area contributed by atoms with E-state index in [1.807, 2.05) is 6.07 Å². The Morgan fingerprint density at radius 2 is 1.86 bits per heavy atom. The molecule has 0 radical (unpaired) electrons. The third-order valence-electron chi connectivity index (χ3n) is 6.10. The van der Waals surface area contributed by atoms with Gasteiger partial charge in [0.05, 0.1) is 6.54 Å². The molecule has 4 unspecified atom stereocenters. The Balaban J connectivity index is 1.50. The van der Waals surface area contributed by atoms with Gasteiger partial charge in [-0.05, 0) is 48.6 Å². The van der Waals surface area contributed by atoms with Crippen molar-refractivity contribution in [2.45, 2.75) is 58.5 Å². The molecule has 1 heterocycles. The third-order valence-corrected chi connectivity index (χ3v) is 6.10. The monoisotopic (exact) mass is 385 g/mol. The third kappa shape index (κ3) is 4.91. The molecule has 1 aromatic rings. The fourth-order valence-corrected chi connectivity index (χ4v) is 4.67. The van der Waals surface area contributed by atoms with Gasteiger partial charge in [0.1, 0.15) is 0 Å². The van der Waals surface area contributed by atoms with Gasteiger partial charge in [-0.1, -0.05) is 39.0 Å². The smallest absolute Gasteiger partial charge is 0.251 e. The molecule has 3 rings (SSSR count). The fraction of sp³-hybridized carbons (Fsp3) is 0.591. The Hall–Kier alpha value is -2.37. The maximum Gasteiger partial charge on any atom is 0.251 e. The molecule has 6 nitrogen and oxygen atoms in total. The predicted molar refractivity (Wildman–Crippen MR) is 108 cm³/mol. The molecule has 1 aromatic carbocycles. The summed E-state index contributed by atoms with van der Waals surface area (Å²) in [6, 6.07) is 8.99. The molecule has 0 spiro atoms. The fourth-order valence-electron chi connectivity index (χ4n) is 4.67. The van der Waals surface area contributed by atoms with E-state index in [1.165, 1.54) is 0 Å².